The highest BCUT2D eigenvalue weighted by molar-refractivity contribution is 7.15. The summed E-state index contributed by atoms with van der Waals surface area (Å²) in [6.45, 7) is 0.438. The summed E-state index contributed by atoms with van der Waals surface area (Å²) in [5.41, 5.74) is 3.53. The molecule has 0 aliphatic carbocycles. The van der Waals surface area contributed by atoms with Gasteiger partial charge in [0.2, 0.25) is 4.96 Å². The van der Waals surface area contributed by atoms with E-state index in [1.54, 1.807) is 4.90 Å². The fourth-order valence-electron chi connectivity index (χ4n) is 4.02. The molecule has 0 fully saturated rings. The van der Waals surface area contributed by atoms with Crippen LogP contribution in [0.2, 0.25) is 0 Å². The predicted molar refractivity (Wildman–Crippen MR) is 124 cm³/mol. The average molecular weight is 436 g/mol. The number of aromatic nitrogens is 3. The van der Waals surface area contributed by atoms with Gasteiger partial charge in [-0.05, 0) is 11.6 Å². The van der Waals surface area contributed by atoms with Crippen molar-refractivity contribution < 1.29 is 4.79 Å². The fourth-order valence-corrected chi connectivity index (χ4v) is 5.02. The van der Waals surface area contributed by atoms with Gasteiger partial charge in [0.25, 0.3) is 11.5 Å². The minimum atomic E-state index is -0.320. The number of nitrogens with zero attached hydrogens (tertiary/aromatic N) is 4. The number of thiazole rings is 1. The molecule has 154 valence electrons. The van der Waals surface area contributed by atoms with Gasteiger partial charge < -0.3 is 4.90 Å². The van der Waals surface area contributed by atoms with Gasteiger partial charge in [-0.3, -0.25) is 9.59 Å². The molecule has 0 saturated carbocycles. The standard InChI is InChI=1S/C25H16N4O2S/c30-23-20(18-13-7-8-14-19(18)28(23)15-16-9-3-1-4-10-16)21-24(31)29-25(32-21)26-22(27-29)17-11-5-2-6-12-17/h1-14H,15H2. The lowest BCUT2D eigenvalue weighted by Crippen LogP contribution is -2.32. The van der Waals surface area contributed by atoms with E-state index in [9.17, 15) is 9.59 Å². The van der Waals surface area contributed by atoms with Gasteiger partial charge in [0.15, 0.2) is 5.82 Å². The molecule has 0 bridgehead atoms. The zero-order chi connectivity index (χ0) is 21.7. The third-order valence-electron chi connectivity index (χ3n) is 5.52. The lowest BCUT2D eigenvalue weighted by Gasteiger charge is -2.17. The van der Waals surface area contributed by atoms with E-state index in [0.717, 1.165) is 22.4 Å². The Morgan fingerprint density at radius 2 is 1.50 bits per heavy atom. The zero-order valence-electron chi connectivity index (χ0n) is 16.8. The van der Waals surface area contributed by atoms with Gasteiger partial charge in [0.05, 0.1) is 17.8 Å². The number of rotatable bonds is 3. The molecular weight excluding hydrogens is 420 g/mol. The van der Waals surface area contributed by atoms with Gasteiger partial charge >= 0.3 is 0 Å². The van der Waals surface area contributed by atoms with Gasteiger partial charge in [-0.2, -0.15) is 9.50 Å². The number of carbonyl (C=O) groups excluding carboxylic acids is 1. The lowest BCUT2D eigenvalue weighted by atomic mass is 10.1. The Hall–Kier alpha value is -4.10. The first-order valence-corrected chi connectivity index (χ1v) is 11.0. The summed E-state index contributed by atoms with van der Waals surface area (Å²) in [5.74, 6) is 0.314. The third kappa shape index (κ3) is 2.86. The molecule has 2 aromatic heterocycles. The van der Waals surface area contributed by atoms with Crippen molar-refractivity contribution in [2.75, 3.05) is 4.90 Å². The highest BCUT2D eigenvalue weighted by Crippen LogP contribution is 2.36. The van der Waals surface area contributed by atoms with Crippen LogP contribution in [0.15, 0.2) is 89.7 Å². The minimum Gasteiger partial charge on any atom is -0.303 e. The first-order chi connectivity index (χ1) is 15.7. The topological polar surface area (TPSA) is 67.6 Å². The van der Waals surface area contributed by atoms with Gasteiger partial charge in [-0.15, -0.1) is 5.10 Å². The molecule has 5 aromatic rings. The van der Waals surface area contributed by atoms with Crippen molar-refractivity contribution in [2.24, 2.45) is 0 Å². The molecule has 0 N–H and O–H groups in total. The maximum atomic E-state index is 13.5. The van der Waals surface area contributed by atoms with Crippen LogP contribution >= 0.6 is 11.3 Å². The Kier molecular flexibility index (Phi) is 4.22. The van der Waals surface area contributed by atoms with E-state index in [4.69, 9.17) is 0 Å². The van der Waals surface area contributed by atoms with Crippen molar-refractivity contribution in [3.8, 4) is 11.4 Å². The molecule has 1 aliphatic rings. The van der Waals surface area contributed by atoms with E-state index < -0.39 is 0 Å². The summed E-state index contributed by atoms with van der Waals surface area (Å²) < 4.78 is 1.66. The number of anilines is 1. The largest absolute Gasteiger partial charge is 0.303 e. The summed E-state index contributed by atoms with van der Waals surface area (Å²) in [5, 5.41) is 4.41. The molecule has 6 rings (SSSR count). The van der Waals surface area contributed by atoms with Crippen LogP contribution in [0.5, 0.6) is 0 Å². The highest BCUT2D eigenvalue weighted by atomic mass is 32.1. The number of carbonyl (C=O) groups is 1. The van der Waals surface area contributed by atoms with Crippen molar-refractivity contribution in [1.82, 2.24) is 14.6 Å². The minimum absolute atomic E-state index is 0.181. The van der Waals surface area contributed by atoms with Crippen LogP contribution in [-0.2, 0) is 11.3 Å². The van der Waals surface area contributed by atoms with Gasteiger partial charge in [0.1, 0.15) is 4.53 Å². The molecule has 0 radical (unpaired) electrons. The van der Waals surface area contributed by atoms with E-state index in [-0.39, 0.29) is 11.5 Å². The second kappa shape index (κ2) is 7.25. The van der Waals surface area contributed by atoms with E-state index in [2.05, 4.69) is 10.1 Å². The van der Waals surface area contributed by atoms with Crippen LogP contribution < -0.4 is 15.0 Å². The molecular formula is C25H16N4O2S. The quantitative estimate of drug-likeness (QED) is 0.435. The molecule has 3 aromatic carbocycles. The predicted octanol–water partition coefficient (Wildman–Crippen LogP) is 3.28. The van der Waals surface area contributed by atoms with Crippen LogP contribution in [0, 0.1) is 0 Å². The van der Waals surface area contributed by atoms with Crippen molar-refractivity contribution in [3.63, 3.8) is 0 Å². The summed E-state index contributed by atoms with van der Waals surface area (Å²) >= 11 is 1.20. The van der Waals surface area contributed by atoms with Crippen LogP contribution in [0.25, 0.3) is 21.9 Å². The molecule has 32 heavy (non-hydrogen) atoms. The van der Waals surface area contributed by atoms with E-state index in [1.165, 1.54) is 15.9 Å². The second-order valence-electron chi connectivity index (χ2n) is 7.50. The Morgan fingerprint density at radius 3 is 2.25 bits per heavy atom. The number of benzene rings is 3. The van der Waals surface area contributed by atoms with Gasteiger partial charge in [0, 0.05) is 11.1 Å². The molecule has 1 aliphatic heterocycles. The van der Waals surface area contributed by atoms with Crippen molar-refractivity contribution in [3.05, 3.63) is 111 Å². The van der Waals surface area contributed by atoms with Crippen molar-refractivity contribution in [2.45, 2.75) is 6.54 Å². The first kappa shape index (κ1) is 18.7. The number of hydrogen-bond acceptors (Lipinski definition) is 5. The molecule has 0 atom stereocenters. The Labute approximate surface area is 186 Å². The smallest absolute Gasteiger partial charge is 0.291 e. The molecule has 3 heterocycles. The SMILES string of the molecule is O=C1C(=c2sc3nc(-c4ccccc4)nn3c2=O)c2ccccc2N1Cc1ccccc1. The summed E-state index contributed by atoms with van der Waals surface area (Å²) in [7, 11) is 0. The zero-order valence-corrected chi connectivity index (χ0v) is 17.6. The highest BCUT2D eigenvalue weighted by Gasteiger charge is 2.34. The molecule has 1 amide bonds. The number of fused-ring (bicyclic) bond motifs is 2. The maximum Gasteiger partial charge on any atom is 0.291 e. The average Bonchev–Trinajstić information content (AvgIpc) is 3.47. The summed E-state index contributed by atoms with van der Waals surface area (Å²) in [6, 6.07) is 26.9. The Balaban J connectivity index is 1.52. The van der Waals surface area contributed by atoms with Gasteiger partial charge in [-0.25, -0.2) is 0 Å². The maximum absolute atomic E-state index is 13.5. The van der Waals surface area contributed by atoms with E-state index in [0.29, 0.717) is 27.4 Å². The van der Waals surface area contributed by atoms with Crippen LogP contribution in [0.3, 0.4) is 0 Å². The lowest BCUT2D eigenvalue weighted by molar-refractivity contribution is -0.113. The monoisotopic (exact) mass is 436 g/mol. The van der Waals surface area contributed by atoms with Gasteiger partial charge in [-0.1, -0.05) is 90.2 Å². The molecule has 6 nitrogen and oxygen atoms in total. The van der Waals surface area contributed by atoms with Crippen LogP contribution in [0.4, 0.5) is 5.69 Å². The van der Waals surface area contributed by atoms with Crippen molar-refractivity contribution >= 4 is 33.5 Å². The molecule has 7 heteroatoms. The first-order valence-electron chi connectivity index (χ1n) is 10.2. The molecule has 0 saturated heterocycles. The summed E-state index contributed by atoms with van der Waals surface area (Å²) in [4.78, 5) is 33.5. The van der Waals surface area contributed by atoms with Crippen molar-refractivity contribution in [1.29, 1.82) is 0 Å². The van der Waals surface area contributed by atoms with Crippen LogP contribution in [-0.4, -0.2) is 20.5 Å². The molecule has 0 unspecified atom stereocenters. The normalized spacial score (nSPS) is 14.9. The van der Waals surface area contributed by atoms with E-state index in [1.807, 2.05) is 84.9 Å². The third-order valence-corrected chi connectivity index (χ3v) is 6.55. The summed E-state index contributed by atoms with van der Waals surface area (Å²) in [6.07, 6.45) is 0. The number of hydrogen-bond donors (Lipinski definition) is 0. The van der Waals surface area contributed by atoms with Crippen LogP contribution in [0.1, 0.15) is 11.1 Å². The fraction of sp³-hybridized carbons (Fsp3) is 0.0400. The number of para-hydroxylation sites is 1. The Morgan fingerprint density at radius 1 is 0.812 bits per heavy atom. The molecule has 0 spiro atoms. The number of amides is 1. The second-order valence-corrected chi connectivity index (χ2v) is 8.48. The van der Waals surface area contributed by atoms with E-state index >= 15 is 0 Å². The Bertz CT molecular complexity index is 1590.